The Morgan fingerprint density at radius 3 is 2.40 bits per heavy atom. The number of amides is 1. The average molecular weight is 437 g/mol. The SMILES string of the molecule is CC(C)(C)OC(=O)NCCC1(n2cc(B3OC(C)(C)C(C)(C)O3)cn2)CCSCC1. The molecule has 0 radical (unpaired) electrons. The highest BCUT2D eigenvalue weighted by molar-refractivity contribution is 7.99. The summed E-state index contributed by atoms with van der Waals surface area (Å²) in [6.07, 6.45) is 6.37. The van der Waals surface area contributed by atoms with Crippen molar-refractivity contribution in [2.75, 3.05) is 18.1 Å². The molecule has 2 aliphatic rings. The Hall–Kier alpha value is -1.19. The number of alkyl carbamates (subject to hydrolysis) is 1. The summed E-state index contributed by atoms with van der Waals surface area (Å²) in [4.78, 5) is 12.0. The van der Waals surface area contributed by atoms with E-state index in [9.17, 15) is 4.79 Å². The largest absolute Gasteiger partial charge is 0.498 e. The third-order valence-electron chi connectivity index (χ3n) is 6.30. The molecule has 2 fully saturated rings. The molecule has 3 heterocycles. The van der Waals surface area contributed by atoms with Crippen molar-refractivity contribution < 1.29 is 18.8 Å². The van der Waals surface area contributed by atoms with Crippen molar-refractivity contribution in [2.45, 2.75) is 90.1 Å². The normalized spacial score (nSPS) is 22.7. The topological polar surface area (TPSA) is 74.6 Å². The second-order valence-electron chi connectivity index (χ2n) is 10.3. The van der Waals surface area contributed by atoms with Gasteiger partial charge in [0.25, 0.3) is 0 Å². The molecule has 0 aromatic carbocycles. The fourth-order valence-corrected chi connectivity index (χ4v) is 5.01. The number of rotatable bonds is 5. The summed E-state index contributed by atoms with van der Waals surface area (Å²) in [7, 11) is -0.418. The van der Waals surface area contributed by atoms with Crippen LogP contribution < -0.4 is 10.8 Å². The number of carbonyl (C=O) groups is 1. The summed E-state index contributed by atoms with van der Waals surface area (Å²) < 4.78 is 19.8. The van der Waals surface area contributed by atoms with E-state index in [0.29, 0.717) is 6.54 Å². The van der Waals surface area contributed by atoms with Crippen LogP contribution in [-0.2, 0) is 19.6 Å². The molecule has 0 saturated carbocycles. The van der Waals surface area contributed by atoms with Gasteiger partial charge in [0, 0.05) is 24.4 Å². The lowest BCUT2D eigenvalue weighted by Gasteiger charge is -2.37. The van der Waals surface area contributed by atoms with E-state index in [1.165, 1.54) is 0 Å². The van der Waals surface area contributed by atoms with Crippen molar-refractivity contribution in [1.29, 1.82) is 0 Å². The summed E-state index contributed by atoms with van der Waals surface area (Å²) in [6, 6.07) is 0. The highest BCUT2D eigenvalue weighted by atomic mass is 32.2. The molecule has 9 heteroatoms. The fourth-order valence-electron chi connectivity index (χ4n) is 3.75. The monoisotopic (exact) mass is 437 g/mol. The molecule has 1 amide bonds. The third kappa shape index (κ3) is 5.17. The molecule has 0 bridgehead atoms. The van der Waals surface area contributed by atoms with Gasteiger partial charge in [0.05, 0.1) is 16.7 Å². The van der Waals surface area contributed by atoms with E-state index in [2.05, 4.69) is 43.9 Å². The number of ether oxygens (including phenoxy) is 1. The molecule has 2 saturated heterocycles. The minimum Gasteiger partial charge on any atom is -0.444 e. The van der Waals surface area contributed by atoms with E-state index in [0.717, 1.165) is 36.2 Å². The second kappa shape index (κ2) is 8.39. The van der Waals surface area contributed by atoms with Crippen LogP contribution in [0.1, 0.15) is 67.7 Å². The average Bonchev–Trinajstić information content (AvgIpc) is 3.17. The van der Waals surface area contributed by atoms with Crippen molar-refractivity contribution in [3.8, 4) is 0 Å². The number of carbonyl (C=O) groups excluding carboxylic acids is 1. The van der Waals surface area contributed by atoms with Crippen LogP contribution in [-0.4, -0.2) is 57.8 Å². The molecular weight excluding hydrogens is 401 g/mol. The number of aromatic nitrogens is 2. The van der Waals surface area contributed by atoms with E-state index in [4.69, 9.17) is 19.1 Å². The predicted molar refractivity (Wildman–Crippen MR) is 121 cm³/mol. The maximum absolute atomic E-state index is 12.0. The Balaban J connectivity index is 1.70. The zero-order chi connectivity index (χ0) is 22.2. The number of nitrogens with zero attached hydrogens (tertiary/aromatic N) is 2. The zero-order valence-electron chi connectivity index (χ0n) is 19.4. The summed E-state index contributed by atoms with van der Waals surface area (Å²) in [6.45, 7) is 14.4. The van der Waals surface area contributed by atoms with E-state index in [-0.39, 0.29) is 22.8 Å². The van der Waals surface area contributed by atoms with Gasteiger partial charge in [-0.3, -0.25) is 4.68 Å². The molecule has 0 atom stereocenters. The van der Waals surface area contributed by atoms with Gasteiger partial charge in [0.15, 0.2) is 0 Å². The molecule has 1 N–H and O–H groups in total. The minimum atomic E-state index is -0.497. The van der Waals surface area contributed by atoms with Gasteiger partial charge in [-0.15, -0.1) is 0 Å². The Labute approximate surface area is 185 Å². The first-order valence-corrected chi connectivity index (χ1v) is 11.9. The van der Waals surface area contributed by atoms with Crippen LogP contribution in [0.15, 0.2) is 12.4 Å². The highest BCUT2D eigenvalue weighted by Gasteiger charge is 2.52. The maximum Gasteiger partial charge on any atom is 0.498 e. The molecule has 1 aromatic rings. The molecule has 2 aliphatic heterocycles. The first-order chi connectivity index (χ1) is 13.8. The van der Waals surface area contributed by atoms with Crippen LogP contribution in [0.2, 0.25) is 0 Å². The molecule has 1 aromatic heterocycles. The summed E-state index contributed by atoms with van der Waals surface area (Å²) in [5.41, 5.74) is -0.441. The van der Waals surface area contributed by atoms with Gasteiger partial charge in [0.2, 0.25) is 0 Å². The van der Waals surface area contributed by atoms with Gasteiger partial charge in [-0.1, -0.05) is 0 Å². The zero-order valence-corrected chi connectivity index (χ0v) is 20.2. The van der Waals surface area contributed by atoms with Gasteiger partial charge >= 0.3 is 13.2 Å². The smallest absolute Gasteiger partial charge is 0.444 e. The molecule has 30 heavy (non-hydrogen) atoms. The van der Waals surface area contributed by atoms with E-state index >= 15 is 0 Å². The van der Waals surface area contributed by atoms with Crippen LogP contribution in [0, 0.1) is 0 Å². The minimum absolute atomic E-state index is 0.123. The number of nitrogens with one attached hydrogen (secondary N) is 1. The number of hydrogen-bond donors (Lipinski definition) is 1. The fraction of sp³-hybridized carbons (Fsp3) is 0.810. The summed E-state index contributed by atoms with van der Waals surface area (Å²) >= 11 is 1.97. The third-order valence-corrected chi connectivity index (χ3v) is 7.28. The summed E-state index contributed by atoms with van der Waals surface area (Å²) in [5, 5.41) is 7.62. The Bertz CT molecular complexity index is 738. The van der Waals surface area contributed by atoms with Gasteiger partial charge in [-0.2, -0.15) is 16.9 Å². The van der Waals surface area contributed by atoms with Gasteiger partial charge in [-0.05, 0) is 79.2 Å². The highest BCUT2D eigenvalue weighted by Crippen LogP contribution is 2.38. The first kappa shape index (κ1) is 23.5. The quantitative estimate of drug-likeness (QED) is 0.713. The molecule has 0 aliphatic carbocycles. The van der Waals surface area contributed by atoms with Crippen molar-refractivity contribution in [3.63, 3.8) is 0 Å². The van der Waals surface area contributed by atoms with Crippen molar-refractivity contribution in [1.82, 2.24) is 15.1 Å². The lowest BCUT2D eigenvalue weighted by molar-refractivity contribution is 0.00578. The predicted octanol–water partition coefficient (Wildman–Crippen LogP) is 3.32. The van der Waals surface area contributed by atoms with Gasteiger partial charge < -0.3 is 19.4 Å². The Morgan fingerprint density at radius 1 is 1.23 bits per heavy atom. The van der Waals surface area contributed by atoms with Crippen molar-refractivity contribution >= 4 is 30.4 Å². The number of thioether (sulfide) groups is 1. The molecule has 0 spiro atoms. The van der Waals surface area contributed by atoms with Gasteiger partial charge in [0.1, 0.15) is 5.60 Å². The molecule has 3 rings (SSSR count). The Kier molecular flexibility index (Phi) is 6.57. The first-order valence-electron chi connectivity index (χ1n) is 10.8. The number of hydrogen-bond acceptors (Lipinski definition) is 6. The lowest BCUT2D eigenvalue weighted by atomic mass is 9.81. The second-order valence-corrected chi connectivity index (χ2v) is 11.5. The lowest BCUT2D eigenvalue weighted by Crippen LogP contribution is -2.42. The summed E-state index contributed by atoms with van der Waals surface area (Å²) in [5.74, 6) is 2.16. The van der Waals surface area contributed by atoms with Crippen LogP contribution in [0.3, 0.4) is 0 Å². The maximum atomic E-state index is 12.0. The van der Waals surface area contributed by atoms with E-state index in [1.54, 1.807) is 0 Å². The van der Waals surface area contributed by atoms with Crippen molar-refractivity contribution in [3.05, 3.63) is 12.4 Å². The van der Waals surface area contributed by atoms with Crippen LogP contribution in [0.5, 0.6) is 0 Å². The van der Waals surface area contributed by atoms with Gasteiger partial charge in [-0.25, -0.2) is 4.79 Å². The van der Waals surface area contributed by atoms with Crippen LogP contribution in [0.25, 0.3) is 0 Å². The Morgan fingerprint density at radius 2 is 1.83 bits per heavy atom. The van der Waals surface area contributed by atoms with Crippen molar-refractivity contribution in [2.24, 2.45) is 0 Å². The van der Waals surface area contributed by atoms with Crippen LogP contribution >= 0.6 is 11.8 Å². The van der Waals surface area contributed by atoms with E-state index in [1.807, 2.05) is 38.7 Å². The molecule has 7 nitrogen and oxygen atoms in total. The molecular formula is C21H36BN3O4S. The molecule has 168 valence electrons. The van der Waals surface area contributed by atoms with Crippen LogP contribution in [0.4, 0.5) is 4.79 Å². The standard InChI is InChI=1S/C21H36BN3O4S/c1-18(2,3)27-17(26)23-11-8-21(9-12-30-13-10-21)25-15-16(14-24-25)22-28-19(4,5)20(6,7)29-22/h14-15H,8-13H2,1-7H3,(H,23,26). The molecule has 0 unspecified atom stereocenters. The van der Waals surface area contributed by atoms with E-state index < -0.39 is 12.7 Å².